The van der Waals surface area contributed by atoms with E-state index in [2.05, 4.69) is 15.3 Å². The van der Waals surface area contributed by atoms with Crippen molar-refractivity contribution in [1.29, 1.82) is 0 Å². The zero-order valence-electron chi connectivity index (χ0n) is 15.6. The number of amides is 1. The standard InChI is InChI=1S/C20H18ClFN4O3/c1-28-18-6-16-13(5-17(18)26(11-27)7-12-8-29-9-12)20(24-10-23-16)25-15-4-2-3-14(21)19(15)22/h2-6,10-12H,7-9H2,1H3,(H,23,24,25). The summed E-state index contributed by atoms with van der Waals surface area (Å²) in [6.45, 7) is 1.74. The molecular weight excluding hydrogens is 399 g/mol. The second-order valence-corrected chi connectivity index (χ2v) is 7.06. The van der Waals surface area contributed by atoms with E-state index in [1.165, 1.54) is 19.5 Å². The highest BCUT2D eigenvalue weighted by molar-refractivity contribution is 6.31. The first kappa shape index (κ1) is 19.4. The molecule has 150 valence electrons. The Bertz CT molecular complexity index is 1060. The molecule has 7 nitrogen and oxygen atoms in total. The fraction of sp³-hybridized carbons (Fsp3) is 0.250. The first-order chi connectivity index (χ1) is 14.1. The van der Waals surface area contributed by atoms with Crippen LogP contribution in [0.1, 0.15) is 0 Å². The topological polar surface area (TPSA) is 76.6 Å². The molecule has 0 atom stereocenters. The van der Waals surface area contributed by atoms with Crippen molar-refractivity contribution in [2.45, 2.75) is 0 Å². The van der Waals surface area contributed by atoms with Gasteiger partial charge < -0.3 is 19.7 Å². The fourth-order valence-electron chi connectivity index (χ4n) is 3.15. The third kappa shape index (κ3) is 3.81. The van der Waals surface area contributed by atoms with Crippen molar-refractivity contribution in [2.75, 3.05) is 37.1 Å². The number of carbonyl (C=O) groups excluding carboxylic acids is 1. The van der Waals surface area contributed by atoms with Gasteiger partial charge in [0.05, 0.1) is 42.2 Å². The summed E-state index contributed by atoms with van der Waals surface area (Å²) >= 11 is 5.87. The molecule has 0 radical (unpaired) electrons. The molecule has 0 saturated carbocycles. The zero-order chi connectivity index (χ0) is 20.4. The second kappa shape index (κ2) is 8.18. The normalized spacial score (nSPS) is 13.8. The minimum absolute atomic E-state index is 0.00515. The maximum atomic E-state index is 14.3. The van der Waals surface area contributed by atoms with E-state index < -0.39 is 5.82 Å². The smallest absolute Gasteiger partial charge is 0.214 e. The van der Waals surface area contributed by atoms with Crippen LogP contribution in [-0.4, -0.2) is 43.2 Å². The van der Waals surface area contributed by atoms with Crippen molar-refractivity contribution in [3.8, 4) is 5.75 Å². The Morgan fingerprint density at radius 1 is 1.38 bits per heavy atom. The Morgan fingerprint density at radius 2 is 2.21 bits per heavy atom. The summed E-state index contributed by atoms with van der Waals surface area (Å²) in [5, 5.41) is 3.58. The van der Waals surface area contributed by atoms with Crippen molar-refractivity contribution in [3.63, 3.8) is 0 Å². The summed E-state index contributed by atoms with van der Waals surface area (Å²) in [7, 11) is 1.53. The summed E-state index contributed by atoms with van der Waals surface area (Å²) < 4.78 is 25.0. The summed E-state index contributed by atoms with van der Waals surface area (Å²) in [6.07, 6.45) is 2.13. The zero-order valence-corrected chi connectivity index (χ0v) is 16.3. The van der Waals surface area contributed by atoms with Crippen molar-refractivity contribution in [2.24, 2.45) is 5.92 Å². The number of fused-ring (bicyclic) bond motifs is 1. The number of halogens is 2. The van der Waals surface area contributed by atoms with E-state index in [9.17, 15) is 9.18 Å². The molecule has 29 heavy (non-hydrogen) atoms. The average molecular weight is 417 g/mol. The lowest BCUT2D eigenvalue weighted by Gasteiger charge is -2.31. The van der Waals surface area contributed by atoms with Crippen molar-refractivity contribution >= 4 is 46.1 Å². The predicted octanol–water partition coefficient (Wildman–Crippen LogP) is 3.78. The Kier molecular flexibility index (Phi) is 5.46. The van der Waals surface area contributed by atoms with Gasteiger partial charge in [-0.25, -0.2) is 14.4 Å². The Hall–Kier alpha value is -2.97. The van der Waals surface area contributed by atoms with Crippen LogP contribution in [-0.2, 0) is 9.53 Å². The predicted molar refractivity (Wildman–Crippen MR) is 109 cm³/mol. The van der Waals surface area contributed by atoms with Gasteiger partial charge >= 0.3 is 0 Å². The molecule has 1 aromatic heterocycles. The number of aromatic nitrogens is 2. The highest BCUT2D eigenvalue weighted by Crippen LogP contribution is 2.36. The van der Waals surface area contributed by atoms with Gasteiger partial charge in [0.15, 0.2) is 5.82 Å². The maximum Gasteiger partial charge on any atom is 0.214 e. The monoisotopic (exact) mass is 416 g/mol. The molecule has 4 rings (SSSR count). The SMILES string of the molecule is COc1cc2ncnc(Nc3cccc(Cl)c3F)c2cc1N(C=O)CC1COC1. The number of nitrogens with one attached hydrogen (secondary N) is 1. The molecule has 1 aliphatic heterocycles. The van der Waals surface area contributed by atoms with Crippen LogP contribution in [0.5, 0.6) is 5.75 Å². The van der Waals surface area contributed by atoms with E-state index in [1.54, 1.807) is 29.2 Å². The lowest BCUT2D eigenvalue weighted by Crippen LogP contribution is -2.39. The molecule has 1 amide bonds. The van der Waals surface area contributed by atoms with Crippen molar-refractivity contribution < 1.29 is 18.7 Å². The van der Waals surface area contributed by atoms with Crippen LogP contribution < -0.4 is 15.0 Å². The summed E-state index contributed by atoms with van der Waals surface area (Å²) in [5.41, 5.74) is 1.35. The average Bonchev–Trinajstić information content (AvgIpc) is 2.70. The molecule has 1 N–H and O–H groups in total. The number of hydrogen-bond donors (Lipinski definition) is 1. The number of carbonyl (C=O) groups is 1. The minimum atomic E-state index is -0.575. The molecule has 0 aliphatic carbocycles. The highest BCUT2D eigenvalue weighted by atomic mass is 35.5. The van der Waals surface area contributed by atoms with Crippen LogP contribution in [0.4, 0.5) is 21.6 Å². The van der Waals surface area contributed by atoms with Crippen LogP contribution in [0, 0.1) is 11.7 Å². The van der Waals surface area contributed by atoms with E-state index in [-0.39, 0.29) is 16.6 Å². The molecule has 9 heteroatoms. The van der Waals surface area contributed by atoms with Gasteiger partial charge in [0, 0.05) is 23.9 Å². The summed E-state index contributed by atoms with van der Waals surface area (Å²) in [5.74, 6) is 0.585. The third-order valence-corrected chi connectivity index (χ3v) is 5.03. The molecule has 0 spiro atoms. The van der Waals surface area contributed by atoms with Gasteiger partial charge in [0.1, 0.15) is 17.9 Å². The molecule has 0 bridgehead atoms. The molecular formula is C20H18ClFN4O3. The van der Waals surface area contributed by atoms with Crippen LogP contribution in [0.3, 0.4) is 0 Å². The first-order valence-electron chi connectivity index (χ1n) is 8.94. The fourth-order valence-corrected chi connectivity index (χ4v) is 3.33. The molecule has 3 aromatic rings. The first-order valence-corrected chi connectivity index (χ1v) is 9.32. The molecule has 1 saturated heterocycles. The van der Waals surface area contributed by atoms with Gasteiger partial charge in [0.25, 0.3) is 0 Å². The molecule has 1 aliphatic rings. The Labute approximate surface area is 171 Å². The number of methoxy groups -OCH3 is 1. The molecule has 2 heterocycles. The van der Waals surface area contributed by atoms with Gasteiger partial charge in [-0.15, -0.1) is 0 Å². The third-order valence-electron chi connectivity index (χ3n) is 4.74. The summed E-state index contributed by atoms with van der Waals surface area (Å²) in [6, 6.07) is 8.15. The van der Waals surface area contributed by atoms with Crippen LogP contribution >= 0.6 is 11.6 Å². The van der Waals surface area contributed by atoms with Gasteiger partial charge in [-0.1, -0.05) is 17.7 Å². The lowest BCUT2D eigenvalue weighted by molar-refractivity contribution is -0.108. The largest absolute Gasteiger partial charge is 0.494 e. The number of nitrogens with zero attached hydrogens (tertiary/aromatic N) is 3. The Balaban J connectivity index is 1.77. The quantitative estimate of drug-likeness (QED) is 0.590. The summed E-state index contributed by atoms with van der Waals surface area (Å²) in [4.78, 5) is 21.8. The van der Waals surface area contributed by atoms with E-state index >= 15 is 0 Å². The Morgan fingerprint density at radius 3 is 2.90 bits per heavy atom. The van der Waals surface area contributed by atoms with E-state index in [1.807, 2.05) is 0 Å². The van der Waals surface area contributed by atoms with Crippen LogP contribution in [0.2, 0.25) is 5.02 Å². The van der Waals surface area contributed by atoms with Crippen molar-refractivity contribution in [3.05, 3.63) is 47.5 Å². The molecule has 2 aromatic carbocycles. The lowest BCUT2D eigenvalue weighted by atomic mass is 10.1. The number of rotatable bonds is 7. The maximum absolute atomic E-state index is 14.3. The van der Waals surface area contributed by atoms with Crippen LogP contribution in [0.25, 0.3) is 10.9 Å². The van der Waals surface area contributed by atoms with E-state index in [0.717, 1.165) is 6.41 Å². The van der Waals surface area contributed by atoms with Crippen molar-refractivity contribution in [1.82, 2.24) is 9.97 Å². The van der Waals surface area contributed by atoms with E-state index in [4.69, 9.17) is 21.1 Å². The highest BCUT2D eigenvalue weighted by Gasteiger charge is 2.24. The number of anilines is 3. The minimum Gasteiger partial charge on any atom is -0.494 e. The van der Waals surface area contributed by atoms with Gasteiger partial charge in [-0.3, -0.25) is 4.79 Å². The number of benzene rings is 2. The van der Waals surface area contributed by atoms with Crippen LogP contribution in [0.15, 0.2) is 36.7 Å². The number of hydrogen-bond acceptors (Lipinski definition) is 6. The molecule has 1 fully saturated rings. The van der Waals surface area contributed by atoms with E-state index in [0.29, 0.717) is 47.9 Å². The van der Waals surface area contributed by atoms with Gasteiger partial charge in [-0.05, 0) is 18.2 Å². The van der Waals surface area contributed by atoms with Gasteiger partial charge in [0.2, 0.25) is 6.41 Å². The molecule has 0 unspecified atom stereocenters. The second-order valence-electron chi connectivity index (χ2n) is 6.65. The van der Waals surface area contributed by atoms with Gasteiger partial charge in [-0.2, -0.15) is 0 Å². The number of ether oxygens (including phenoxy) is 2.